The number of nitrogens with zero attached hydrogens (tertiary/aromatic N) is 1. The zero-order valence-corrected chi connectivity index (χ0v) is 12.0. The number of methoxy groups -OCH3 is 2. The number of hydrogen-bond donors (Lipinski definition) is 1. The summed E-state index contributed by atoms with van der Waals surface area (Å²) in [5.74, 6) is 0.130. The highest BCUT2D eigenvalue weighted by molar-refractivity contribution is 5.95. The number of amides is 2. The molecule has 1 aromatic rings. The van der Waals surface area contributed by atoms with Gasteiger partial charge in [0, 0.05) is 20.6 Å². The molecule has 0 unspecified atom stereocenters. The van der Waals surface area contributed by atoms with Crippen molar-refractivity contribution >= 4 is 17.5 Å². The van der Waals surface area contributed by atoms with E-state index < -0.39 is 0 Å². The Bertz CT molecular complexity index is 462. The predicted octanol–water partition coefficient (Wildman–Crippen LogP) is 1.13. The molecule has 0 atom stereocenters. The third-order valence-electron chi connectivity index (χ3n) is 2.73. The average molecular weight is 280 g/mol. The second kappa shape index (κ2) is 8.16. The minimum absolute atomic E-state index is 0.0171. The lowest BCUT2D eigenvalue weighted by atomic mass is 10.3. The van der Waals surface area contributed by atoms with Gasteiger partial charge < -0.3 is 19.7 Å². The second-order valence-corrected chi connectivity index (χ2v) is 4.18. The number of ether oxygens (including phenoxy) is 2. The zero-order valence-electron chi connectivity index (χ0n) is 12.0. The van der Waals surface area contributed by atoms with E-state index in [0.717, 1.165) is 0 Å². The fourth-order valence-corrected chi connectivity index (χ4v) is 1.66. The maximum absolute atomic E-state index is 12.0. The average Bonchev–Trinajstić information content (AvgIpc) is 2.43. The molecule has 0 heterocycles. The van der Waals surface area contributed by atoms with Gasteiger partial charge in [0.05, 0.1) is 25.9 Å². The van der Waals surface area contributed by atoms with Crippen LogP contribution in [-0.2, 0) is 14.3 Å². The highest BCUT2D eigenvalue weighted by atomic mass is 16.5. The fraction of sp³-hybridized carbons (Fsp3) is 0.429. The van der Waals surface area contributed by atoms with Crippen molar-refractivity contribution in [3.63, 3.8) is 0 Å². The molecular weight excluding hydrogens is 260 g/mol. The summed E-state index contributed by atoms with van der Waals surface area (Å²) in [7, 11) is 3.08. The third-order valence-corrected chi connectivity index (χ3v) is 2.73. The third kappa shape index (κ3) is 4.89. The smallest absolute Gasteiger partial charge is 0.244 e. The summed E-state index contributed by atoms with van der Waals surface area (Å²) >= 11 is 0. The van der Waals surface area contributed by atoms with Gasteiger partial charge in [-0.25, -0.2) is 0 Å². The maximum atomic E-state index is 12.0. The molecule has 1 N–H and O–H groups in total. The molecule has 0 aliphatic rings. The van der Waals surface area contributed by atoms with Crippen molar-refractivity contribution < 1.29 is 19.1 Å². The summed E-state index contributed by atoms with van der Waals surface area (Å²) in [6.07, 6.45) is 0. The summed E-state index contributed by atoms with van der Waals surface area (Å²) in [5.41, 5.74) is 0.579. The molecule has 0 bridgehead atoms. The first kappa shape index (κ1) is 16.0. The van der Waals surface area contributed by atoms with Gasteiger partial charge in [-0.2, -0.15) is 0 Å². The topological polar surface area (TPSA) is 67.9 Å². The van der Waals surface area contributed by atoms with Crippen molar-refractivity contribution in [1.29, 1.82) is 0 Å². The first-order valence-electron chi connectivity index (χ1n) is 6.25. The van der Waals surface area contributed by atoms with Gasteiger partial charge in [-0.05, 0) is 12.1 Å². The van der Waals surface area contributed by atoms with Crippen LogP contribution in [0.2, 0.25) is 0 Å². The number of hydrogen-bond acceptors (Lipinski definition) is 4. The van der Waals surface area contributed by atoms with Crippen LogP contribution in [0, 0.1) is 0 Å². The number of benzene rings is 1. The molecule has 1 rings (SSSR count). The summed E-state index contributed by atoms with van der Waals surface area (Å²) < 4.78 is 10.1. The van der Waals surface area contributed by atoms with Crippen molar-refractivity contribution in [2.75, 3.05) is 39.2 Å². The lowest BCUT2D eigenvalue weighted by Crippen LogP contribution is -2.38. The number of rotatable bonds is 7. The molecule has 110 valence electrons. The van der Waals surface area contributed by atoms with Gasteiger partial charge in [-0.1, -0.05) is 12.1 Å². The van der Waals surface area contributed by atoms with E-state index in [4.69, 9.17) is 9.47 Å². The minimum atomic E-state index is -0.277. The molecule has 0 aromatic heterocycles. The van der Waals surface area contributed by atoms with Crippen LogP contribution >= 0.6 is 0 Å². The molecular formula is C14H20N2O4. The predicted molar refractivity (Wildman–Crippen MR) is 75.8 cm³/mol. The summed E-state index contributed by atoms with van der Waals surface area (Å²) in [4.78, 5) is 24.8. The molecule has 0 spiro atoms. The monoisotopic (exact) mass is 280 g/mol. The molecule has 6 heteroatoms. The van der Waals surface area contributed by atoms with Gasteiger partial charge in [-0.15, -0.1) is 0 Å². The molecule has 20 heavy (non-hydrogen) atoms. The number of nitrogens with one attached hydrogen (secondary N) is 1. The molecule has 0 fully saturated rings. The van der Waals surface area contributed by atoms with Gasteiger partial charge in [0.2, 0.25) is 11.8 Å². The first-order chi connectivity index (χ1) is 9.58. The van der Waals surface area contributed by atoms with Crippen LogP contribution in [0.3, 0.4) is 0 Å². The van der Waals surface area contributed by atoms with Crippen LogP contribution in [0.5, 0.6) is 5.75 Å². The van der Waals surface area contributed by atoms with Crippen LogP contribution in [0.4, 0.5) is 5.69 Å². The van der Waals surface area contributed by atoms with E-state index in [1.165, 1.54) is 18.9 Å². The van der Waals surface area contributed by atoms with Crippen LogP contribution in [0.15, 0.2) is 24.3 Å². The summed E-state index contributed by atoms with van der Waals surface area (Å²) in [6.45, 7) is 2.18. The van der Waals surface area contributed by atoms with E-state index in [-0.39, 0.29) is 18.4 Å². The second-order valence-electron chi connectivity index (χ2n) is 4.18. The van der Waals surface area contributed by atoms with Crippen LogP contribution in [0.25, 0.3) is 0 Å². The maximum Gasteiger partial charge on any atom is 0.244 e. The molecule has 1 aromatic carbocycles. The zero-order chi connectivity index (χ0) is 15.0. The lowest BCUT2D eigenvalue weighted by molar-refractivity contribution is -0.133. The Kier molecular flexibility index (Phi) is 6.52. The Hall–Kier alpha value is -2.08. The standard InChI is InChI=1S/C14H20N2O4/c1-11(17)16(8-9-19-2)10-14(18)15-12-6-4-5-7-13(12)20-3/h4-7H,8-10H2,1-3H3,(H,15,18). The molecule has 6 nitrogen and oxygen atoms in total. The summed E-state index contributed by atoms with van der Waals surface area (Å²) in [5, 5.41) is 2.72. The normalized spacial score (nSPS) is 9.95. The highest BCUT2D eigenvalue weighted by Crippen LogP contribution is 2.22. The summed E-state index contributed by atoms with van der Waals surface area (Å²) in [6, 6.07) is 7.11. The van der Waals surface area contributed by atoms with Crippen molar-refractivity contribution in [3.05, 3.63) is 24.3 Å². The Labute approximate surface area is 118 Å². The minimum Gasteiger partial charge on any atom is -0.495 e. The van der Waals surface area contributed by atoms with Crippen molar-refractivity contribution in [1.82, 2.24) is 4.90 Å². The number of carbonyl (C=O) groups excluding carboxylic acids is 2. The molecule has 0 aliphatic heterocycles. The van der Waals surface area contributed by atoms with E-state index in [0.29, 0.717) is 24.6 Å². The van der Waals surface area contributed by atoms with Gasteiger partial charge in [-0.3, -0.25) is 9.59 Å². The SMILES string of the molecule is COCCN(CC(=O)Nc1ccccc1OC)C(C)=O. The van der Waals surface area contributed by atoms with E-state index in [1.807, 2.05) is 6.07 Å². The van der Waals surface area contributed by atoms with Gasteiger partial charge in [0.1, 0.15) is 5.75 Å². The van der Waals surface area contributed by atoms with E-state index >= 15 is 0 Å². The number of para-hydroxylation sites is 2. The number of carbonyl (C=O) groups is 2. The Morgan fingerprint density at radius 2 is 1.95 bits per heavy atom. The van der Waals surface area contributed by atoms with E-state index in [9.17, 15) is 9.59 Å². The molecule has 0 saturated heterocycles. The van der Waals surface area contributed by atoms with Gasteiger partial charge >= 0.3 is 0 Å². The molecule has 0 saturated carbocycles. The Balaban J connectivity index is 2.63. The van der Waals surface area contributed by atoms with Crippen LogP contribution < -0.4 is 10.1 Å². The Morgan fingerprint density at radius 1 is 1.25 bits per heavy atom. The molecule has 2 amide bonds. The first-order valence-corrected chi connectivity index (χ1v) is 6.25. The van der Waals surface area contributed by atoms with Crippen molar-refractivity contribution in [2.45, 2.75) is 6.92 Å². The highest BCUT2D eigenvalue weighted by Gasteiger charge is 2.14. The quantitative estimate of drug-likeness (QED) is 0.813. The largest absolute Gasteiger partial charge is 0.495 e. The van der Waals surface area contributed by atoms with Crippen LogP contribution in [0.1, 0.15) is 6.92 Å². The Morgan fingerprint density at radius 3 is 2.55 bits per heavy atom. The van der Waals surface area contributed by atoms with Gasteiger partial charge in [0.25, 0.3) is 0 Å². The van der Waals surface area contributed by atoms with Crippen molar-refractivity contribution in [2.24, 2.45) is 0 Å². The fourth-order valence-electron chi connectivity index (χ4n) is 1.66. The number of anilines is 1. The lowest BCUT2D eigenvalue weighted by Gasteiger charge is -2.20. The van der Waals surface area contributed by atoms with Crippen molar-refractivity contribution in [3.8, 4) is 5.75 Å². The van der Waals surface area contributed by atoms with Gasteiger partial charge in [0.15, 0.2) is 0 Å². The van der Waals surface area contributed by atoms with E-state index in [1.54, 1.807) is 25.3 Å². The molecule has 0 radical (unpaired) electrons. The van der Waals surface area contributed by atoms with E-state index in [2.05, 4.69) is 5.32 Å². The molecule has 0 aliphatic carbocycles. The van der Waals surface area contributed by atoms with Crippen LogP contribution in [-0.4, -0.2) is 50.6 Å².